The molecule has 0 bridgehead atoms. The largest absolute Gasteiger partial charge is 0.399 e. The molecule has 94 valence electrons. The molecule has 0 aromatic heterocycles. The Kier molecular flexibility index (Phi) is 3.56. The predicted molar refractivity (Wildman–Crippen MR) is 78.6 cm³/mol. The molecule has 0 aliphatic carbocycles. The Labute approximate surface area is 109 Å². The van der Waals surface area contributed by atoms with Gasteiger partial charge < -0.3 is 11.5 Å². The number of anilines is 2. The predicted octanol–water partition coefficient (Wildman–Crippen LogP) is 3.57. The van der Waals surface area contributed by atoms with Crippen LogP contribution in [-0.2, 0) is 6.42 Å². The average Bonchev–Trinajstić information content (AvgIpc) is 2.34. The lowest BCUT2D eigenvalue weighted by molar-refractivity contribution is 0.867. The molecule has 2 rings (SSSR count). The normalized spacial score (nSPS) is 10.8. The van der Waals surface area contributed by atoms with Crippen molar-refractivity contribution in [3.05, 3.63) is 59.2 Å². The first-order valence-corrected chi connectivity index (χ1v) is 6.29. The maximum absolute atomic E-state index is 6.24. The Balaban J connectivity index is 2.29. The minimum atomic E-state index is 0.455. The van der Waals surface area contributed by atoms with Crippen LogP contribution in [0, 0.1) is 0 Å². The van der Waals surface area contributed by atoms with Crippen molar-refractivity contribution in [2.45, 2.75) is 26.2 Å². The second kappa shape index (κ2) is 5.13. The summed E-state index contributed by atoms with van der Waals surface area (Å²) in [6.45, 7) is 4.33. The van der Waals surface area contributed by atoms with Crippen molar-refractivity contribution >= 4 is 11.4 Å². The molecule has 0 unspecified atom stereocenters. The Hall–Kier alpha value is -1.96. The van der Waals surface area contributed by atoms with Crippen LogP contribution in [0.4, 0.5) is 11.4 Å². The molecule has 0 heterocycles. The fraction of sp³-hybridized carbons (Fsp3) is 0.250. The van der Waals surface area contributed by atoms with Gasteiger partial charge in [-0.1, -0.05) is 44.2 Å². The first-order valence-electron chi connectivity index (χ1n) is 6.29. The van der Waals surface area contributed by atoms with Gasteiger partial charge in [-0.2, -0.15) is 0 Å². The molecule has 0 spiro atoms. The summed E-state index contributed by atoms with van der Waals surface area (Å²) in [7, 11) is 0. The van der Waals surface area contributed by atoms with Crippen LogP contribution in [0.15, 0.2) is 42.5 Å². The zero-order valence-corrected chi connectivity index (χ0v) is 11.0. The van der Waals surface area contributed by atoms with E-state index in [0.717, 1.165) is 17.8 Å². The van der Waals surface area contributed by atoms with Crippen LogP contribution in [0.5, 0.6) is 0 Å². The van der Waals surface area contributed by atoms with Crippen LogP contribution >= 0.6 is 0 Å². The molecule has 0 aliphatic heterocycles. The van der Waals surface area contributed by atoms with Crippen LogP contribution in [-0.4, -0.2) is 0 Å². The number of nitrogens with two attached hydrogens (primary N) is 2. The number of hydrogen-bond acceptors (Lipinski definition) is 2. The molecule has 0 saturated carbocycles. The van der Waals surface area contributed by atoms with Crippen LogP contribution < -0.4 is 11.5 Å². The summed E-state index contributed by atoms with van der Waals surface area (Å²) in [5.74, 6) is 0.455. The van der Waals surface area contributed by atoms with Gasteiger partial charge in [-0.3, -0.25) is 0 Å². The van der Waals surface area contributed by atoms with Gasteiger partial charge in [-0.25, -0.2) is 0 Å². The summed E-state index contributed by atoms with van der Waals surface area (Å²) < 4.78 is 0. The zero-order valence-electron chi connectivity index (χ0n) is 11.0. The minimum absolute atomic E-state index is 0.455. The number of hydrogen-bond donors (Lipinski definition) is 2. The summed E-state index contributed by atoms with van der Waals surface area (Å²) in [5, 5.41) is 0. The molecule has 0 aliphatic rings. The summed E-state index contributed by atoms with van der Waals surface area (Å²) in [4.78, 5) is 0. The molecule has 2 aromatic rings. The van der Waals surface area contributed by atoms with Crippen molar-refractivity contribution in [1.82, 2.24) is 0 Å². The molecular formula is C16H20N2. The van der Waals surface area contributed by atoms with E-state index in [1.807, 2.05) is 12.1 Å². The van der Waals surface area contributed by atoms with Crippen LogP contribution in [0.25, 0.3) is 0 Å². The monoisotopic (exact) mass is 240 g/mol. The van der Waals surface area contributed by atoms with Crippen LogP contribution in [0.3, 0.4) is 0 Å². The summed E-state index contributed by atoms with van der Waals surface area (Å²) >= 11 is 0. The quantitative estimate of drug-likeness (QED) is 0.806. The second-order valence-electron chi connectivity index (χ2n) is 4.99. The molecular weight excluding hydrogens is 220 g/mol. The van der Waals surface area contributed by atoms with E-state index in [-0.39, 0.29) is 0 Å². The zero-order chi connectivity index (χ0) is 13.1. The van der Waals surface area contributed by atoms with E-state index < -0.39 is 0 Å². The highest BCUT2D eigenvalue weighted by atomic mass is 14.6. The first-order chi connectivity index (χ1) is 8.58. The SMILES string of the molecule is CC(C)c1cccc(Cc2ccc(N)cc2)c1N. The van der Waals surface area contributed by atoms with Crippen molar-refractivity contribution in [2.24, 2.45) is 0 Å². The average molecular weight is 240 g/mol. The fourth-order valence-corrected chi connectivity index (χ4v) is 2.15. The smallest absolute Gasteiger partial charge is 0.0385 e. The van der Waals surface area contributed by atoms with Crippen molar-refractivity contribution in [2.75, 3.05) is 11.5 Å². The van der Waals surface area contributed by atoms with Gasteiger partial charge in [-0.15, -0.1) is 0 Å². The van der Waals surface area contributed by atoms with Crippen molar-refractivity contribution < 1.29 is 0 Å². The van der Waals surface area contributed by atoms with E-state index in [0.29, 0.717) is 5.92 Å². The molecule has 2 aromatic carbocycles. The van der Waals surface area contributed by atoms with E-state index >= 15 is 0 Å². The molecule has 0 atom stereocenters. The molecule has 0 radical (unpaired) electrons. The first kappa shape index (κ1) is 12.5. The lowest BCUT2D eigenvalue weighted by atomic mass is 9.95. The number of nitrogen functional groups attached to an aromatic ring is 2. The Morgan fingerprint density at radius 1 is 0.944 bits per heavy atom. The van der Waals surface area contributed by atoms with Crippen LogP contribution in [0.1, 0.15) is 36.5 Å². The van der Waals surface area contributed by atoms with E-state index in [4.69, 9.17) is 11.5 Å². The van der Waals surface area contributed by atoms with Gasteiger partial charge in [0.25, 0.3) is 0 Å². The van der Waals surface area contributed by atoms with Crippen LogP contribution in [0.2, 0.25) is 0 Å². The van der Waals surface area contributed by atoms with E-state index in [2.05, 4.69) is 44.2 Å². The van der Waals surface area contributed by atoms with E-state index in [9.17, 15) is 0 Å². The maximum Gasteiger partial charge on any atom is 0.0385 e. The standard InChI is InChI=1S/C16H20N2/c1-11(2)15-5-3-4-13(16(15)18)10-12-6-8-14(17)9-7-12/h3-9,11H,10,17-18H2,1-2H3. The summed E-state index contributed by atoms with van der Waals surface area (Å²) in [6, 6.07) is 14.2. The van der Waals surface area contributed by atoms with Gasteiger partial charge in [0.05, 0.1) is 0 Å². The molecule has 0 saturated heterocycles. The highest BCUT2D eigenvalue weighted by Crippen LogP contribution is 2.26. The molecule has 2 nitrogen and oxygen atoms in total. The molecule has 4 N–H and O–H groups in total. The highest BCUT2D eigenvalue weighted by molar-refractivity contribution is 5.56. The van der Waals surface area contributed by atoms with Gasteiger partial charge in [0, 0.05) is 11.4 Å². The minimum Gasteiger partial charge on any atom is -0.399 e. The third kappa shape index (κ3) is 2.65. The highest BCUT2D eigenvalue weighted by Gasteiger charge is 2.08. The van der Waals surface area contributed by atoms with Gasteiger partial charge >= 0.3 is 0 Å². The summed E-state index contributed by atoms with van der Waals surface area (Å²) in [6.07, 6.45) is 0.854. The number of rotatable bonds is 3. The fourth-order valence-electron chi connectivity index (χ4n) is 2.15. The van der Waals surface area contributed by atoms with Gasteiger partial charge in [0.1, 0.15) is 0 Å². The van der Waals surface area contributed by atoms with E-state index in [1.54, 1.807) is 0 Å². The Morgan fingerprint density at radius 2 is 1.61 bits per heavy atom. The lowest BCUT2D eigenvalue weighted by Gasteiger charge is -2.13. The third-order valence-corrected chi connectivity index (χ3v) is 3.23. The number of benzene rings is 2. The molecule has 0 fully saturated rings. The van der Waals surface area contributed by atoms with Crippen molar-refractivity contribution in [3.8, 4) is 0 Å². The second-order valence-corrected chi connectivity index (χ2v) is 4.99. The third-order valence-electron chi connectivity index (χ3n) is 3.23. The maximum atomic E-state index is 6.24. The molecule has 0 amide bonds. The molecule has 2 heteroatoms. The summed E-state index contributed by atoms with van der Waals surface area (Å²) in [5.41, 5.74) is 17.3. The lowest BCUT2D eigenvalue weighted by Crippen LogP contribution is -2.02. The van der Waals surface area contributed by atoms with E-state index in [1.165, 1.54) is 16.7 Å². The topological polar surface area (TPSA) is 52.0 Å². The molecule has 18 heavy (non-hydrogen) atoms. The van der Waals surface area contributed by atoms with Gasteiger partial charge in [0.2, 0.25) is 0 Å². The van der Waals surface area contributed by atoms with Crippen molar-refractivity contribution in [3.63, 3.8) is 0 Å². The Bertz CT molecular complexity index is 527. The van der Waals surface area contributed by atoms with Gasteiger partial charge in [0.15, 0.2) is 0 Å². The number of para-hydroxylation sites is 1. The van der Waals surface area contributed by atoms with Crippen molar-refractivity contribution in [1.29, 1.82) is 0 Å². The van der Waals surface area contributed by atoms with Gasteiger partial charge in [-0.05, 0) is 41.2 Å². The Morgan fingerprint density at radius 3 is 2.22 bits per heavy atom.